The summed E-state index contributed by atoms with van der Waals surface area (Å²) in [6, 6.07) is 7.98. The molecule has 0 fully saturated rings. The van der Waals surface area contributed by atoms with Gasteiger partial charge in [-0.1, -0.05) is 12.1 Å². The largest absolute Gasteiger partial charge is 0.456 e. The number of carbonyl (C=O) groups is 2. The molecule has 0 atom stereocenters. The molecule has 7 heteroatoms. The lowest BCUT2D eigenvalue weighted by Crippen LogP contribution is -2.25. The van der Waals surface area contributed by atoms with Crippen molar-refractivity contribution in [2.75, 3.05) is 0 Å². The second kappa shape index (κ2) is 7.08. The predicted octanol–water partition coefficient (Wildman–Crippen LogP) is 1.66. The molecule has 2 N–H and O–H groups in total. The first kappa shape index (κ1) is 17.4. The van der Waals surface area contributed by atoms with Crippen LogP contribution in [-0.4, -0.2) is 27.7 Å². The van der Waals surface area contributed by atoms with Crippen molar-refractivity contribution in [3.63, 3.8) is 0 Å². The van der Waals surface area contributed by atoms with E-state index in [1.807, 2.05) is 0 Å². The summed E-state index contributed by atoms with van der Waals surface area (Å²) in [4.78, 5) is 35.2. The molecular weight excluding hydrogens is 310 g/mol. The average molecular weight is 329 g/mol. The van der Waals surface area contributed by atoms with Gasteiger partial charge in [-0.2, -0.15) is 5.10 Å². The van der Waals surface area contributed by atoms with E-state index in [0.717, 1.165) is 5.56 Å². The molecule has 0 bridgehead atoms. The number of aromatic nitrogens is 2. The second-order valence-corrected chi connectivity index (χ2v) is 6.22. The summed E-state index contributed by atoms with van der Waals surface area (Å²) in [6.07, 6.45) is 1.27. The molecule has 2 rings (SSSR count). The number of amides is 1. The van der Waals surface area contributed by atoms with E-state index in [1.165, 1.54) is 12.3 Å². The second-order valence-electron chi connectivity index (χ2n) is 6.22. The Morgan fingerprint density at radius 2 is 1.96 bits per heavy atom. The van der Waals surface area contributed by atoms with Crippen molar-refractivity contribution in [3.05, 3.63) is 63.6 Å². The maximum Gasteiger partial charge on any atom is 0.338 e. The molecule has 1 aromatic heterocycles. The zero-order valence-corrected chi connectivity index (χ0v) is 13.8. The highest BCUT2D eigenvalue weighted by molar-refractivity contribution is 5.93. The van der Waals surface area contributed by atoms with Crippen LogP contribution >= 0.6 is 0 Å². The third-order valence-electron chi connectivity index (χ3n) is 2.94. The predicted molar refractivity (Wildman–Crippen MR) is 87.6 cm³/mol. The molecule has 2 aromatic rings. The summed E-state index contributed by atoms with van der Waals surface area (Å²) >= 11 is 0. The van der Waals surface area contributed by atoms with Crippen LogP contribution in [0.1, 0.15) is 47.1 Å². The summed E-state index contributed by atoms with van der Waals surface area (Å²) in [6.45, 7) is 5.60. The van der Waals surface area contributed by atoms with E-state index < -0.39 is 23.0 Å². The molecule has 0 aliphatic rings. The summed E-state index contributed by atoms with van der Waals surface area (Å²) in [7, 11) is 0. The first-order valence-electron chi connectivity index (χ1n) is 7.40. The fourth-order valence-corrected chi connectivity index (χ4v) is 1.93. The standard InChI is InChI=1S/C17H19N3O4/c1-17(2,3)24-16(23)12-6-4-5-11(7-12)9-18-15(22)13-8-14(21)20-19-10-13/h4-8,10H,9H2,1-3H3,(H,18,22)(H,20,21). The van der Waals surface area contributed by atoms with Crippen LogP contribution < -0.4 is 10.9 Å². The van der Waals surface area contributed by atoms with Crippen LogP contribution in [-0.2, 0) is 11.3 Å². The Morgan fingerprint density at radius 1 is 1.21 bits per heavy atom. The van der Waals surface area contributed by atoms with E-state index >= 15 is 0 Å². The summed E-state index contributed by atoms with van der Waals surface area (Å²) in [5.41, 5.74) is 0.296. The molecule has 0 saturated carbocycles. The Bertz CT molecular complexity index is 806. The van der Waals surface area contributed by atoms with Gasteiger partial charge in [-0.3, -0.25) is 9.59 Å². The van der Waals surface area contributed by atoms with Crippen molar-refractivity contribution >= 4 is 11.9 Å². The van der Waals surface area contributed by atoms with E-state index in [9.17, 15) is 14.4 Å². The van der Waals surface area contributed by atoms with E-state index in [1.54, 1.807) is 45.0 Å². The Balaban J connectivity index is 2.03. The number of nitrogens with one attached hydrogen (secondary N) is 2. The molecule has 24 heavy (non-hydrogen) atoms. The lowest BCUT2D eigenvalue weighted by Gasteiger charge is -2.19. The van der Waals surface area contributed by atoms with Crippen LogP contribution in [0.3, 0.4) is 0 Å². The molecule has 0 aliphatic heterocycles. The highest BCUT2D eigenvalue weighted by Gasteiger charge is 2.18. The zero-order chi connectivity index (χ0) is 17.7. The number of rotatable bonds is 4. The minimum atomic E-state index is -0.575. The lowest BCUT2D eigenvalue weighted by atomic mass is 10.1. The fraction of sp³-hybridized carbons (Fsp3) is 0.294. The topological polar surface area (TPSA) is 101 Å². The minimum Gasteiger partial charge on any atom is -0.456 e. The molecular formula is C17H19N3O4. The van der Waals surface area contributed by atoms with Gasteiger partial charge in [0.2, 0.25) is 0 Å². The Morgan fingerprint density at radius 3 is 2.62 bits per heavy atom. The van der Waals surface area contributed by atoms with E-state index in [0.29, 0.717) is 5.56 Å². The van der Waals surface area contributed by atoms with Crippen LogP contribution in [0.4, 0.5) is 0 Å². The molecule has 0 aliphatic carbocycles. The number of nitrogens with zero attached hydrogens (tertiary/aromatic N) is 1. The fourth-order valence-electron chi connectivity index (χ4n) is 1.93. The van der Waals surface area contributed by atoms with E-state index in [4.69, 9.17) is 4.74 Å². The highest BCUT2D eigenvalue weighted by atomic mass is 16.6. The summed E-state index contributed by atoms with van der Waals surface area (Å²) in [5.74, 6) is -0.842. The summed E-state index contributed by atoms with van der Waals surface area (Å²) < 4.78 is 5.31. The minimum absolute atomic E-state index is 0.169. The average Bonchev–Trinajstić information content (AvgIpc) is 2.51. The first-order valence-corrected chi connectivity index (χ1v) is 7.40. The summed E-state index contributed by atoms with van der Waals surface area (Å²) in [5, 5.41) is 8.45. The third-order valence-corrected chi connectivity index (χ3v) is 2.94. The Kier molecular flexibility index (Phi) is 5.13. The van der Waals surface area contributed by atoms with Crippen molar-refractivity contribution in [1.29, 1.82) is 0 Å². The van der Waals surface area contributed by atoms with Crippen LogP contribution in [0, 0.1) is 0 Å². The quantitative estimate of drug-likeness (QED) is 0.831. The molecule has 1 amide bonds. The zero-order valence-electron chi connectivity index (χ0n) is 13.8. The van der Waals surface area contributed by atoms with Gasteiger partial charge in [-0.25, -0.2) is 9.89 Å². The van der Waals surface area contributed by atoms with Crippen LogP contribution in [0.2, 0.25) is 0 Å². The molecule has 0 spiro atoms. The number of ether oxygens (including phenoxy) is 1. The monoisotopic (exact) mass is 329 g/mol. The number of esters is 1. The van der Waals surface area contributed by atoms with Crippen molar-refractivity contribution in [3.8, 4) is 0 Å². The van der Waals surface area contributed by atoms with Crippen molar-refractivity contribution in [2.45, 2.75) is 32.9 Å². The molecule has 1 heterocycles. The van der Waals surface area contributed by atoms with Gasteiger partial charge in [0.25, 0.3) is 11.5 Å². The molecule has 7 nitrogen and oxygen atoms in total. The van der Waals surface area contributed by atoms with Crippen molar-refractivity contribution in [2.24, 2.45) is 0 Å². The third kappa shape index (κ3) is 5.05. The number of carbonyl (C=O) groups excluding carboxylic acids is 2. The van der Waals surface area contributed by atoms with Gasteiger partial charge in [0.1, 0.15) is 5.60 Å². The number of hydrogen-bond acceptors (Lipinski definition) is 5. The molecule has 126 valence electrons. The van der Waals surface area contributed by atoms with Gasteiger partial charge >= 0.3 is 5.97 Å². The SMILES string of the molecule is CC(C)(C)OC(=O)c1cccc(CNC(=O)c2cn[nH]c(=O)c2)c1. The van der Waals surface area contributed by atoms with Gasteiger partial charge in [0, 0.05) is 12.6 Å². The van der Waals surface area contributed by atoms with Crippen LogP contribution in [0.15, 0.2) is 41.3 Å². The molecule has 0 radical (unpaired) electrons. The van der Waals surface area contributed by atoms with Gasteiger partial charge in [-0.15, -0.1) is 0 Å². The molecule has 1 aromatic carbocycles. The van der Waals surface area contributed by atoms with Gasteiger partial charge < -0.3 is 10.1 Å². The number of hydrogen-bond donors (Lipinski definition) is 2. The smallest absolute Gasteiger partial charge is 0.338 e. The van der Waals surface area contributed by atoms with Crippen LogP contribution in [0.25, 0.3) is 0 Å². The van der Waals surface area contributed by atoms with Crippen LogP contribution in [0.5, 0.6) is 0 Å². The highest BCUT2D eigenvalue weighted by Crippen LogP contribution is 2.13. The number of aromatic amines is 1. The van der Waals surface area contributed by atoms with Crippen molar-refractivity contribution < 1.29 is 14.3 Å². The van der Waals surface area contributed by atoms with E-state index in [2.05, 4.69) is 15.5 Å². The lowest BCUT2D eigenvalue weighted by molar-refractivity contribution is 0.00693. The number of benzene rings is 1. The van der Waals surface area contributed by atoms with E-state index in [-0.39, 0.29) is 12.1 Å². The van der Waals surface area contributed by atoms with Gasteiger partial charge in [0.15, 0.2) is 0 Å². The van der Waals surface area contributed by atoms with Gasteiger partial charge in [-0.05, 0) is 38.5 Å². The maximum absolute atomic E-state index is 12.1. The first-order chi connectivity index (χ1) is 11.2. The van der Waals surface area contributed by atoms with Crippen molar-refractivity contribution in [1.82, 2.24) is 15.5 Å². The number of H-pyrrole nitrogens is 1. The normalized spacial score (nSPS) is 11.0. The Hall–Kier alpha value is -2.96. The van der Waals surface area contributed by atoms with Gasteiger partial charge in [0.05, 0.1) is 17.3 Å². The maximum atomic E-state index is 12.1. The molecule has 0 saturated heterocycles. The Labute approximate surface area is 139 Å². The molecule has 0 unspecified atom stereocenters.